The summed E-state index contributed by atoms with van der Waals surface area (Å²) in [7, 11) is 1.63. The Hall–Kier alpha value is -1.62. The van der Waals surface area contributed by atoms with E-state index in [9.17, 15) is 14.3 Å². The van der Waals surface area contributed by atoms with Crippen LogP contribution in [0.5, 0.6) is 5.75 Å². The van der Waals surface area contributed by atoms with Gasteiger partial charge in [0.05, 0.1) is 5.41 Å². The third-order valence-corrected chi connectivity index (χ3v) is 3.76. The fourth-order valence-electron chi connectivity index (χ4n) is 2.60. The van der Waals surface area contributed by atoms with Crippen LogP contribution in [0, 0.1) is 11.2 Å². The van der Waals surface area contributed by atoms with Crippen molar-refractivity contribution in [1.29, 1.82) is 0 Å². The van der Waals surface area contributed by atoms with Gasteiger partial charge in [-0.05, 0) is 38.1 Å². The molecule has 0 radical (unpaired) electrons. The highest BCUT2D eigenvalue weighted by atomic mass is 19.1. The van der Waals surface area contributed by atoms with Crippen molar-refractivity contribution >= 4 is 5.91 Å². The number of carbonyl (C=O) groups is 1. The number of rotatable bonds is 3. The summed E-state index contributed by atoms with van der Waals surface area (Å²) in [5.41, 5.74) is 0.152. The summed E-state index contributed by atoms with van der Waals surface area (Å²) in [5, 5.41) is 12.4. The van der Waals surface area contributed by atoms with E-state index in [1.54, 1.807) is 7.05 Å². The van der Waals surface area contributed by atoms with Gasteiger partial charge in [0.2, 0.25) is 5.91 Å². The van der Waals surface area contributed by atoms with Crippen molar-refractivity contribution in [2.45, 2.75) is 19.9 Å². The summed E-state index contributed by atoms with van der Waals surface area (Å²) in [6, 6.07) is 3.93. The lowest BCUT2D eigenvalue weighted by Gasteiger charge is -2.23. The molecule has 1 aliphatic heterocycles. The smallest absolute Gasteiger partial charge is 0.227 e. The zero-order valence-electron chi connectivity index (χ0n) is 11.2. The van der Waals surface area contributed by atoms with Crippen molar-refractivity contribution in [3.05, 3.63) is 29.6 Å². The van der Waals surface area contributed by atoms with Gasteiger partial charge in [0.1, 0.15) is 11.6 Å². The molecular weight excluding hydrogens is 247 g/mol. The van der Waals surface area contributed by atoms with E-state index in [2.05, 4.69) is 10.2 Å². The number of nitrogens with zero attached hydrogens (tertiary/aromatic N) is 1. The molecule has 0 spiro atoms. The van der Waals surface area contributed by atoms with Crippen molar-refractivity contribution in [2.24, 2.45) is 5.41 Å². The van der Waals surface area contributed by atoms with E-state index in [4.69, 9.17) is 0 Å². The number of aromatic hydroxyl groups is 1. The number of likely N-dealkylation sites (tertiary alicyclic amines) is 1. The number of phenolic OH excluding ortho intramolecular Hbond substituents is 1. The van der Waals surface area contributed by atoms with E-state index in [-0.39, 0.29) is 17.5 Å². The fourth-order valence-corrected chi connectivity index (χ4v) is 2.60. The molecule has 0 saturated carbocycles. The minimum absolute atomic E-state index is 0.0264. The minimum Gasteiger partial charge on any atom is -0.508 e. The van der Waals surface area contributed by atoms with Gasteiger partial charge in [0.25, 0.3) is 0 Å². The number of amides is 1. The van der Waals surface area contributed by atoms with E-state index in [0.717, 1.165) is 13.0 Å². The van der Waals surface area contributed by atoms with Crippen LogP contribution in [0.15, 0.2) is 18.2 Å². The molecule has 2 N–H and O–H groups in total. The highest BCUT2D eigenvalue weighted by Crippen LogP contribution is 2.32. The maximum atomic E-state index is 13.2. The van der Waals surface area contributed by atoms with E-state index in [0.29, 0.717) is 18.7 Å². The maximum Gasteiger partial charge on any atom is 0.227 e. The summed E-state index contributed by atoms with van der Waals surface area (Å²) in [5.74, 6) is -0.241. The fraction of sp³-hybridized carbons (Fsp3) is 0.500. The largest absolute Gasteiger partial charge is 0.508 e. The number of carbonyl (C=O) groups excluding carboxylic acids is 1. The van der Waals surface area contributed by atoms with Crippen LogP contribution in [0.2, 0.25) is 0 Å². The van der Waals surface area contributed by atoms with Crippen LogP contribution >= 0.6 is 0 Å². The molecule has 1 aromatic rings. The quantitative estimate of drug-likeness (QED) is 0.871. The summed E-state index contributed by atoms with van der Waals surface area (Å²) in [6.07, 6.45) is 0.767. The van der Waals surface area contributed by atoms with Crippen LogP contribution in [0.1, 0.15) is 18.9 Å². The predicted molar refractivity (Wildman–Crippen MR) is 70.1 cm³/mol. The minimum atomic E-state index is -0.405. The van der Waals surface area contributed by atoms with Gasteiger partial charge >= 0.3 is 0 Å². The molecular formula is C14H19FN2O2. The molecule has 1 atom stereocenters. The second-order valence-electron chi connectivity index (χ2n) is 5.37. The van der Waals surface area contributed by atoms with Crippen molar-refractivity contribution in [3.63, 3.8) is 0 Å². The molecule has 104 valence electrons. The Morgan fingerprint density at radius 2 is 2.32 bits per heavy atom. The Balaban J connectivity index is 2.06. The average Bonchev–Trinajstić information content (AvgIpc) is 2.76. The van der Waals surface area contributed by atoms with Crippen LogP contribution < -0.4 is 5.32 Å². The first kappa shape index (κ1) is 13.8. The second-order valence-corrected chi connectivity index (χ2v) is 5.37. The number of nitrogens with one attached hydrogen (secondary N) is 1. The normalized spacial score (nSPS) is 23.5. The van der Waals surface area contributed by atoms with Crippen LogP contribution in [-0.4, -0.2) is 36.1 Å². The number of hydrogen-bond acceptors (Lipinski definition) is 3. The van der Waals surface area contributed by atoms with Gasteiger partial charge in [-0.2, -0.15) is 0 Å². The monoisotopic (exact) mass is 266 g/mol. The molecule has 1 heterocycles. The topological polar surface area (TPSA) is 52.6 Å². The van der Waals surface area contributed by atoms with Gasteiger partial charge < -0.3 is 10.4 Å². The summed E-state index contributed by atoms with van der Waals surface area (Å²) < 4.78 is 13.2. The molecule has 1 fully saturated rings. The summed E-state index contributed by atoms with van der Waals surface area (Å²) in [6.45, 7) is 3.76. The molecule has 1 saturated heterocycles. The predicted octanol–water partition coefficient (Wildman–Crippen LogP) is 1.49. The van der Waals surface area contributed by atoms with Gasteiger partial charge in [-0.3, -0.25) is 9.69 Å². The van der Waals surface area contributed by atoms with E-state index < -0.39 is 5.41 Å². The molecule has 4 nitrogen and oxygen atoms in total. The Morgan fingerprint density at radius 1 is 1.58 bits per heavy atom. The second kappa shape index (κ2) is 5.17. The van der Waals surface area contributed by atoms with Crippen LogP contribution in [0.25, 0.3) is 0 Å². The average molecular weight is 266 g/mol. The SMILES string of the molecule is CNC(=O)C1(C)CCN(Cc2cc(F)ccc2O)C1. The zero-order chi connectivity index (χ0) is 14.0. The third kappa shape index (κ3) is 2.87. The molecule has 0 bridgehead atoms. The lowest BCUT2D eigenvalue weighted by molar-refractivity contribution is -0.129. The lowest BCUT2D eigenvalue weighted by Crippen LogP contribution is -2.39. The van der Waals surface area contributed by atoms with Gasteiger partial charge in [0, 0.05) is 25.7 Å². The molecule has 19 heavy (non-hydrogen) atoms. The number of benzene rings is 1. The molecule has 0 aromatic heterocycles. The van der Waals surface area contributed by atoms with Crippen LogP contribution in [0.4, 0.5) is 4.39 Å². The number of halogens is 1. The molecule has 2 rings (SSSR count). The van der Waals surface area contributed by atoms with Crippen molar-refractivity contribution in [1.82, 2.24) is 10.2 Å². The van der Waals surface area contributed by atoms with Crippen molar-refractivity contribution < 1.29 is 14.3 Å². The molecule has 1 amide bonds. The van der Waals surface area contributed by atoms with Gasteiger partial charge in [-0.1, -0.05) is 0 Å². The lowest BCUT2D eigenvalue weighted by atomic mass is 9.89. The molecule has 1 aliphatic rings. The third-order valence-electron chi connectivity index (χ3n) is 3.76. The van der Waals surface area contributed by atoms with E-state index in [1.165, 1.54) is 18.2 Å². The van der Waals surface area contributed by atoms with Gasteiger partial charge in [-0.15, -0.1) is 0 Å². The molecule has 0 aliphatic carbocycles. The van der Waals surface area contributed by atoms with Crippen molar-refractivity contribution in [2.75, 3.05) is 20.1 Å². The van der Waals surface area contributed by atoms with Crippen molar-refractivity contribution in [3.8, 4) is 5.75 Å². The standard InChI is InChI=1S/C14H19FN2O2/c1-14(13(19)16-2)5-6-17(9-14)8-10-7-11(15)3-4-12(10)18/h3-4,7,18H,5-6,8-9H2,1-2H3,(H,16,19). The van der Waals surface area contributed by atoms with E-state index >= 15 is 0 Å². The van der Waals surface area contributed by atoms with Gasteiger partial charge in [-0.25, -0.2) is 4.39 Å². The first-order chi connectivity index (χ1) is 8.94. The van der Waals surface area contributed by atoms with Gasteiger partial charge in [0.15, 0.2) is 0 Å². The van der Waals surface area contributed by atoms with E-state index in [1.807, 2.05) is 6.92 Å². The zero-order valence-corrected chi connectivity index (χ0v) is 11.2. The first-order valence-corrected chi connectivity index (χ1v) is 6.36. The van der Waals surface area contributed by atoms with Crippen LogP contribution in [-0.2, 0) is 11.3 Å². The first-order valence-electron chi connectivity index (χ1n) is 6.36. The molecule has 1 aromatic carbocycles. The number of hydrogen-bond donors (Lipinski definition) is 2. The Kier molecular flexibility index (Phi) is 3.75. The van der Waals surface area contributed by atoms with Crippen LogP contribution in [0.3, 0.4) is 0 Å². The summed E-state index contributed by atoms with van der Waals surface area (Å²) >= 11 is 0. The maximum absolute atomic E-state index is 13.2. The molecule has 5 heteroatoms. The highest BCUT2D eigenvalue weighted by molar-refractivity contribution is 5.82. The Bertz CT molecular complexity index is 492. The highest BCUT2D eigenvalue weighted by Gasteiger charge is 2.39. The molecule has 1 unspecified atom stereocenters. The number of phenols is 1. The summed E-state index contributed by atoms with van der Waals surface area (Å²) in [4.78, 5) is 13.9. The Morgan fingerprint density at radius 3 is 3.00 bits per heavy atom. The Labute approximate surface area is 112 Å².